The van der Waals surface area contributed by atoms with Gasteiger partial charge in [0.15, 0.2) is 0 Å². The van der Waals surface area contributed by atoms with E-state index in [-0.39, 0.29) is 11.9 Å². The molecule has 3 heteroatoms. The van der Waals surface area contributed by atoms with Gasteiger partial charge in [-0.05, 0) is 37.1 Å². The SMILES string of the molecule is C=C(c1ccc(C#N)cc1)C(C)C(=O)OCC. The molecule has 1 atom stereocenters. The van der Waals surface area contributed by atoms with Gasteiger partial charge in [0, 0.05) is 0 Å². The molecule has 0 spiro atoms. The number of rotatable bonds is 4. The van der Waals surface area contributed by atoms with Crippen LogP contribution in [0.5, 0.6) is 0 Å². The average Bonchev–Trinajstić information content (AvgIpc) is 2.37. The Morgan fingerprint density at radius 2 is 2.06 bits per heavy atom. The first kappa shape index (κ1) is 13.0. The number of ether oxygens (including phenoxy) is 1. The zero-order valence-electron chi connectivity index (χ0n) is 10.1. The topological polar surface area (TPSA) is 50.1 Å². The monoisotopic (exact) mass is 229 g/mol. The lowest BCUT2D eigenvalue weighted by molar-refractivity contribution is -0.145. The Bertz CT molecular complexity index is 454. The van der Waals surface area contributed by atoms with E-state index in [0.717, 1.165) is 5.56 Å². The second kappa shape index (κ2) is 5.86. The maximum absolute atomic E-state index is 11.5. The van der Waals surface area contributed by atoms with Gasteiger partial charge in [0.25, 0.3) is 0 Å². The molecular formula is C14H15NO2. The molecule has 0 aliphatic rings. The highest BCUT2D eigenvalue weighted by atomic mass is 16.5. The van der Waals surface area contributed by atoms with Crippen LogP contribution in [0.3, 0.4) is 0 Å². The van der Waals surface area contributed by atoms with E-state index >= 15 is 0 Å². The lowest BCUT2D eigenvalue weighted by Gasteiger charge is -2.13. The van der Waals surface area contributed by atoms with E-state index in [2.05, 4.69) is 6.58 Å². The van der Waals surface area contributed by atoms with E-state index in [0.29, 0.717) is 17.7 Å². The van der Waals surface area contributed by atoms with Gasteiger partial charge in [-0.3, -0.25) is 4.79 Å². The third-order valence-electron chi connectivity index (χ3n) is 2.55. The van der Waals surface area contributed by atoms with Crippen molar-refractivity contribution in [1.82, 2.24) is 0 Å². The standard InChI is InChI=1S/C14H15NO2/c1-4-17-14(16)11(3)10(2)13-7-5-12(9-15)6-8-13/h5-8,11H,2,4H2,1,3H3. The molecule has 0 fully saturated rings. The van der Waals surface area contributed by atoms with Crippen LogP contribution in [-0.2, 0) is 9.53 Å². The van der Waals surface area contributed by atoms with E-state index < -0.39 is 0 Å². The summed E-state index contributed by atoms with van der Waals surface area (Å²) in [5.74, 6) is -0.648. The third kappa shape index (κ3) is 3.18. The highest BCUT2D eigenvalue weighted by Gasteiger charge is 2.18. The van der Waals surface area contributed by atoms with Crippen LogP contribution in [0.15, 0.2) is 30.8 Å². The Morgan fingerprint density at radius 3 is 2.53 bits per heavy atom. The number of carbonyl (C=O) groups excluding carboxylic acids is 1. The summed E-state index contributed by atoms with van der Waals surface area (Å²) in [5, 5.41) is 8.69. The summed E-state index contributed by atoms with van der Waals surface area (Å²) < 4.78 is 4.94. The van der Waals surface area contributed by atoms with E-state index in [9.17, 15) is 4.79 Å². The fourth-order valence-electron chi connectivity index (χ4n) is 1.42. The Hall–Kier alpha value is -2.08. The number of esters is 1. The van der Waals surface area contributed by atoms with Crippen molar-refractivity contribution in [2.75, 3.05) is 6.61 Å². The highest BCUT2D eigenvalue weighted by molar-refractivity contribution is 5.87. The Balaban J connectivity index is 2.82. The van der Waals surface area contributed by atoms with Gasteiger partial charge in [-0.1, -0.05) is 18.7 Å². The minimum Gasteiger partial charge on any atom is -0.466 e. The average molecular weight is 229 g/mol. The number of benzene rings is 1. The minimum atomic E-state index is -0.372. The molecule has 3 nitrogen and oxygen atoms in total. The van der Waals surface area contributed by atoms with Crippen LogP contribution >= 0.6 is 0 Å². The van der Waals surface area contributed by atoms with Crippen LogP contribution < -0.4 is 0 Å². The van der Waals surface area contributed by atoms with Crippen LogP contribution in [0, 0.1) is 17.2 Å². The summed E-state index contributed by atoms with van der Waals surface area (Å²) in [6, 6.07) is 9.03. The molecule has 0 aromatic heterocycles. The molecule has 1 unspecified atom stereocenters. The van der Waals surface area contributed by atoms with Crippen molar-refractivity contribution in [1.29, 1.82) is 5.26 Å². The van der Waals surface area contributed by atoms with Gasteiger partial charge in [0.05, 0.1) is 24.2 Å². The molecule has 17 heavy (non-hydrogen) atoms. The van der Waals surface area contributed by atoms with Crippen molar-refractivity contribution in [3.63, 3.8) is 0 Å². The molecule has 0 aliphatic heterocycles. The summed E-state index contributed by atoms with van der Waals surface area (Å²) in [6.07, 6.45) is 0. The number of hydrogen-bond donors (Lipinski definition) is 0. The maximum atomic E-state index is 11.5. The molecule has 0 bridgehead atoms. The molecule has 0 heterocycles. The Morgan fingerprint density at radius 1 is 1.47 bits per heavy atom. The zero-order valence-corrected chi connectivity index (χ0v) is 10.1. The van der Waals surface area contributed by atoms with Crippen molar-refractivity contribution in [2.45, 2.75) is 13.8 Å². The number of carbonyl (C=O) groups is 1. The van der Waals surface area contributed by atoms with E-state index in [1.807, 2.05) is 6.07 Å². The normalized spacial score (nSPS) is 11.4. The van der Waals surface area contributed by atoms with Gasteiger partial charge < -0.3 is 4.74 Å². The second-order valence-electron chi connectivity index (χ2n) is 3.69. The van der Waals surface area contributed by atoms with Crippen molar-refractivity contribution in [3.8, 4) is 6.07 Å². The van der Waals surface area contributed by atoms with Crippen molar-refractivity contribution in [2.24, 2.45) is 5.92 Å². The van der Waals surface area contributed by atoms with E-state index in [4.69, 9.17) is 10.00 Å². The summed E-state index contributed by atoms with van der Waals surface area (Å²) in [6.45, 7) is 7.80. The van der Waals surface area contributed by atoms with Crippen LogP contribution in [0.25, 0.3) is 5.57 Å². The largest absolute Gasteiger partial charge is 0.466 e. The first-order valence-electron chi connectivity index (χ1n) is 5.46. The fraction of sp³-hybridized carbons (Fsp3) is 0.286. The third-order valence-corrected chi connectivity index (χ3v) is 2.55. The molecule has 0 radical (unpaired) electrons. The van der Waals surface area contributed by atoms with Gasteiger partial charge >= 0.3 is 5.97 Å². The van der Waals surface area contributed by atoms with Gasteiger partial charge in [-0.2, -0.15) is 5.26 Å². The molecule has 0 amide bonds. The first-order valence-corrected chi connectivity index (χ1v) is 5.46. The predicted octanol–water partition coefficient (Wildman–Crippen LogP) is 2.77. The lowest BCUT2D eigenvalue weighted by atomic mass is 9.95. The molecule has 1 rings (SSSR count). The quantitative estimate of drug-likeness (QED) is 0.746. The van der Waals surface area contributed by atoms with E-state index in [1.54, 1.807) is 38.1 Å². The number of nitriles is 1. The fourth-order valence-corrected chi connectivity index (χ4v) is 1.42. The smallest absolute Gasteiger partial charge is 0.313 e. The molecule has 0 saturated carbocycles. The molecule has 0 aliphatic carbocycles. The van der Waals surface area contributed by atoms with Crippen molar-refractivity contribution in [3.05, 3.63) is 42.0 Å². The first-order chi connectivity index (χ1) is 8.10. The predicted molar refractivity (Wildman–Crippen MR) is 66.0 cm³/mol. The maximum Gasteiger partial charge on any atom is 0.313 e. The van der Waals surface area contributed by atoms with Crippen molar-refractivity contribution >= 4 is 11.5 Å². The van der Waals surface area contributed by atoms with Crippen LogP contribution in [0.4, 0.5) is 0 Å². The van der Waals surface area contributed by atoms with Crippen LogP contribution in [0.1, 0.15) is 25.0 Å². The Labute approximate surface area is 101 Å². The zero-order chi connectivity index (χ0) is 12.8. The van der Waals surface area contributed by atoms with Crippen LogP contribution in [-0.4, -0.2) is 12.6 Å². The van der Waals surface area contributed by atoms with Crippen molar-refractivity contribution < 1.29 is 9.53 Å². The highest BCUT2D eigenvalue weighted by Crippen LogP contribution is 2.22. The van der Waals surface area contributed by atoms with Crippen LogP contribution in [0.2, 0.25) is 0 Å². The summed E-state index contributed by atoms with van der Waals surface area (Å²) >= 11 is 0. The molecule has 88 valence electrons. The van der Waals surface area contributed by atoms with E-state index in [1.165, 1.54) is 0 Å². The van der Waals surface area contributed by atoms with Gasteiger partial charge in [0.2, 0.25) is 0 Å². The van der Waals surface area contributed by atoms with Gasteiger partial charge in [-0.25, -0.2) is 0 Å². The number of nitrogens with zero attached hydrogens (tertiary/aromatic N) is 1. The minimum absolute atomic E-state index is 0.276. The molecule has 0 N–H and O–H groups in total. The molecular weight excluding hydrogens is 214 g/mol. The molecule has 1 aromatic carbocycles. The second-order valence-corrected chi connectivity index (χ2v) is 3.69. The lowest BCUT2D eigenvalue weighted by Crippen LogP contribution is -2.15. The summed E-state index contributed by atoms with van der Waals surface area (Å²) in [5.41, 5.74) is 2.14. The Kier molecular flexibility index (Phi) is 4.47. The molecule has 0 saturated heterocycles. The van der Waals surface area contributed by atoms with Gasteiger partial charge in [0.1, 0.15) is 0 Å². The summed E-state index contributed by atoms with van der Waals surface area (Å²) in [7, 11) is 0. The van der Waals surface area contributed by atoms with Gasteiger partial charge in [-0.15, -0.1) is 0 Å². The molecule has 1 aromatic rings. The number of hydrogen-bond acceptors (Lipinski definition) is 3. The summed E-state index contributed by atoms with van der Waals surface area (Å²) in [4.78, 5) is 11.5.